The van der Waals surface area contributed by atoms with Crippen LogP contribution in [0.25, 0.3) is 0 Å². The fourth-order valence-corrected chi connectivity index (χ4v) is 3.11. The van der Waals surface area contributed by atoms with Gasteiger partial charge in [0.25, 0.3) is 0 Å². The van der Waals surface area contributed by atoms with Gasteiger partial charge in [0.05, 0.1) is 6.10 Å². The molecule has 3 N–H and O–H groups in total. The van der Waals surface area contributed by atoms with Crippen molar-refractivity contribution in [3.63, 3.8) is 0 Å². The molecule has 0 amide bonds. The maximum Gasteiger partial charge on any atom is 0.178 e. The van der Waals surface area contributed by atoms with Crippen LogP contribution in [0.5, 0.6) is 5.75 Å². The lowest BCUT2D eigenvalue weighted by molar-refractivity contribution is 0.245. The monoisotopic (exact) mass is 280 g/mol. The minimum atomic E-state index is 0.0484. The third kappa shape index (κ3) is 3.11. The minimum Gasteiger partial charge on any atom is -0.486 e. The summed E-state index contributed by atoms with van der Waals surface area (Å²) in [6.45, 7) is 7.79. The van der Waals surface area contributed by atoms with E-state index in [1.807, 2.05) is 13.8 Å². The fourth-order valence-electron chi connectivity index (χ4n) is 2.11. The quantitative estimate of drug-likeness (QED) is 0.883. The van der Waals surface area contributed by atoms with Crippen molar-refractivity contribution in [1.82, 2.24) is 5.32 Å². The second-order valence-corrected chi connectivity index (χ2v) is 5.85. The van der Waals surface area contributed by atoms with Crippen LogP contribution in [0.3, 0.4) is 0 Å². The van der Waals surface area contributed by atoms with E-state index in [1.54, 1.807) is 0 Å². The second-order valence-electron chi connectivity index (χ2n) is 4.85. The van der Waals surface area contributed by atoms with E-state index in [9.17, 15) is 0 Å². The van der Waals surface area contributed by atoms with Crippen LogP contribution in [-0.4, -0.2) is 32.3 Å². The third-order valence-electron chi connectivity index (χ3n) is 2.96. The number of ether oxygens (including phenoxy) is 1. The molecule has 1 fully saturated rings. The minimum absolute atomic E-state index is 0.0484. The highest BCUT2D eigenvalue weighted by atomic mass is 32.1. The van der Waals surface area contributed by atoms with Gasteiger partial charge < -0.3 is 20.7 Å². The standard InChI is InChI=1S/C13H20N4OS/c1-9(2)18-12-11(15)10(8-14)19-13(12)17-6-3-4-16-5-7-17/h9,16H,3-7,15H2,1-2H3. The normalized spacial score (nSPS) is 16.2. The molecule has 0 unspecified atom stereocenters. The molecule has 0 spiro atoms. The van der Waals surface area contributed by atoms with E-state index in [0.717, 1.165) is 37.6 Å². The Hall–Kier alpha value is -1.45. The Labute approximate surface area is 118 Å². The van der Waals surface area contributed by atoms with Crippen LogP contribution in [0.15, 0.2) is 0 Å². The highest BCUT2D eigenvalue weighted by Gasteiger charge is 2.23. The van der Waals surface area contributed by atoms with Crippen LogP contribution >= 0.6 is 11.3 Å². The highest BCUT2D eigenvalue weighted by Crippen LogP contribution is 2.45. The number of nitrogen functional groups attached to an aromatic ring is 1. The van der Waals surface area contributed by atoms with E-state index >= 15 is 0 Å². The zero-order chi connectivity index (χ0) is 13.8. The molecule has 0 radical (unpaired) electrons. The Balaban J connectivity index is 2.34. The van der Waals surface area contributed by atoms with Gasteiger partial charge in [-0.3, -0.25) is 0 Å². The molecular formula is C13H20N4OS. The van der Waals surface area contributed by atoms with Gasteiger partial charge in [0.1, 0.15) is 21.6 Å². The summed E-state index contributed by atoms with van der Waals surface area (Å²) in [6, 6.07) is 2.16. The lowest BCUT2D eigenvalue weighted by Crippen LogP contribution is -2.27. The van der Waals surface area contributed by atoms with Gasteiger partial charge >= 0.3 is 0 Å². The molecule has 1 saturated heterocycles. The molecule has 19 heavy (non-hydrogen) atoms. The Morgan fingerprint density at radius 1 is 1.42 bits per heavy atom. The predicted molar refractivity (Wildman–Crippen MR) is 78.9 cm³/mol. The number of nitrogens with one attached hydrogen (secondary N) is 1. The van der Waals surface area contributed by atoms with E-state index in [1.165, 1.54) is 11.3 Å². The van der Waals surface area contributed by atoms with Crippen molar-refractivity contribution in [3.8, 4) is 11.8 Å². The number of nitriles is 1. The van der Waals surface area contributed by atoms with Crippen LogP contribution in [0.2, 0.25) is 0 Å². The Bertz CT molecular complexity index is 470. The van der Waals surface area contributed by atoms with Gasteiger partial charge in [0.2, 0.25) is 0 Å². The summed E-state index contributed by atoms with van der Waals surface area (Å²) in [6.07, 6.45) is 1.13. The van der Waals surface area contributed by atoms with Crippen molar-refractivity contribution in [3.05, 3.63) is 4.88 Å². The van der Waals surface area contributed by atoms with Gasteiger partial charge in [-0.25, -0.2) is 0 Å². The molecule has 0 atom stereocenters. The largest absolute Gasteiger partial charge is 0.486 e. The molecule has 1 aliphatic heterocycles. The Morgan fingerprint density at radius 2 is 2.21 bits per heavy atom. The van der Waals surface area contributed by atoms with Crippen molar-refractivity contribution >= 4 is 22.0 Å². The van der Waals surface area contributed by atoms with Crippen LogP contribution in [-0.2, 0) is 0 Å². The molecule has 0 aromatic carbocycles. The number of thiophene rings is 1. The van der Waals surface area contributed by atoms with Gasteiger partial charge in [-0.15, -0.1) is 11.3 Å². The van der Waals surface area contributed by atoms with Crippen molar-refractivity contribution < 1.29 is 4.74 Å². The average molecular weight is 280 g/mol. The molecule has 104 valence electrons. The number of hydrogen-bond donors (Lipinski definition) is 2. The second kappa shape index (κ2) is 6.13. The average Bonchev–Trinajstić information content (AvgIpc) is 2.60. The van der Waals surface area contributed by atoms with Crippen molar-refractivity contribution in [1.29, 1.82) is 5.26 Å². The van der Waals surface area contributed by atoms with Gasteiger partial charge in [0.15, 0.2) is 5.75 Å². The molecule has 1 aromatic rings. The summed E-state index contributed by atoms with van der Waals surface area (Å²) in [7, 11) is 0. The molecular weight excluding hydrogens is 260 g/mol. The molecule has 1 aromatic heterocycles. The van der Waals surface area contributed by atoms with Crippen LogP contribution < -0.4 is 20.7 Å². The lowest BCUT2D eigenvalue weighted by Gasteiger charge is -2.22. The summed E-state index contributed by atoms with van der Waals surface area (Å²) in [5, 5.41) is 13.5. The zero-order valence-electron chi connectivity index (χ0n) is 11.4. The van der Waals surface area contributed by atoms with E-state index < -0.39 is 0 Å². The van der Waals surface area contributed by atoms with Gasteiger partial charge in [-0.05, 0) is 26.8 Å². The first kappa shape index (κ1) is 14.0. The molecule has 1 aliphatic rings. The molecule has 5 nitrogen and oxygen atoms in total. The van der Waals surface area contributed by atoms with Crippen LogP contribution in [0.4, 0.5) is 10.7 Å². The smallest absolute Gasteiger partial charge is 0.178 e. The SMILES string of the molecule is CC(C)Oc1c(N2CCCNCC2)sc(C#N)c1N. The highest BCUT2D eigenvalue weighted by molar-refractivity contribution is 7.17. The maximum atomic E-state index is 9.14. The first-order valence-electron chi connectivity index (χ1n) is 6.58. The van der Waals surface area contributed by atoms with E-state index in [-0.39, 0.29) is 6.10 Å². The molecule has 2 rings (SSSR count). The van der Waals surface area contributed by atoms with Crippen LogP contribution in [0.1, 0.15) is 25.1 Å². The fraction of sp³-hybridized carbons (Fsp3) is 0.615. The van der Waals surface area contributed by atoms with Gasteiger partial charge in [0, 0.05) is 19.6 Å². The summed E-state index contributed by atoms with van der Waals surface area (Å²) in [5.41, 5.74) is 6.51. The molecule has 0 aliphatic carbocycles. The van der Waals surface area contributed by atoms with Gasteiger partial charge in [-0.2, -0.15) is 5.26 Å². The summed E-state index contributed by atoms with van der Waals surface area (Å²) >= 11 is 1.43. The maximum absolute atomic E-state index is 9.14. The van der Waals surface area contributed by atoms with E-state index in [4.69, 9.17) is 15.7 Å². The summed E-state index contributed by atoms with van der Waals surface area (Å²) in [4.78, 5) is 2.81. The topological polar surface area (TPSA) is 74.3 Å². The van der Waals surface area contributed by atoms with Crippen molar-refractivity contribution in [2.75, 3.05) is 36.8 Å². The van der Waals surface area contributed by atoms with Crippen LogP contribution in [0, 0.1) is 11.3 Å². The molecule has 0 saturated carbocycles. The van der Waals surface area contributed by atoms with Gasteiger partial charge in [-0.1, -0.05) is 0 Å². The summed E-state index contributed by atoms with van der Waals surface area (Å²) < 4.78 is 5.82. The van der Waals surface area contributed by atoms with Crippen molar-refractivity contribution in [2.24, 2.45) is 0 Å². The summed E-state index contributed by atoms with van der Waals surface area (Å²) in [5.74, 6) is 0.679. The zero-order valence-corrected chi connectivity index (χ0v) is 12.2. The molecule has 6 heteroatoms. The Morgan fingerprint density at radius 3 is 2.89 bits per heavy atom. The lowest BCUT2D eigenvalue weighted by atomic mass is 10.3. The van der Waals surface area contributed by atoms with E-state index in [0.29, 0.717) is 16.3 Å². The first-order valence-corrected chi connectivity index (χ1v) is 7.39. The number of nitrogens with two attached hydrogens (primary N) is 1. The first-order chi connectivity index (χ1) is 9.13. The van der Waals surface area contributed by atoms with E-state index in [2.05, 4.69) is 16.3 Å². The number of hydrogen-bond acceptors (Lipinski definition) is 6. The number of anilines is 2. The Kier molecular flexibility index (Phi) is 4.51. The van der Waals surface area contributed by atoms with Crippen molar-refractivity contribution in [2.45, 2.75) is 26.4 Å². The predicted octanol–water partition coefficient (Wildman–Crippen LogP) is 1.79. The molecule has 2 heterocycles. The number of rotatable bonds is 3. The third-order valence-corrected chi connectivity index (χ3v) is 4.12. The molecule has 0 bridgehead atoms. The number of nitrogens with zero attached hydrogens (tertiary/aromatic N) is 2.